The van der Waals surface area contributed by atoms with Gasteiger partial charge in [-0.15, -0.1) is 0 Å². The van der Waals surface area contributed by atoms with Gasteiger partial charge in [-0.25, -0.2) is 4.39 Å². The zero-order valence-corrected chi connectivity index (χ0v) is 12.8. The number of halogens is 2. The van der Waals surface area contributed by atoms with Crippen LogP contribution in [-0.4, -0.2) is 34.7 Å². The molecule has 1 atom stereocenters. The summed E-state index contributed by atoms with van der Waals surface area (Å²) in [5, 5.41) is 10.8. The summed E-state index contributed by atoms with van der Waals surface area (Å²) in [6.45, 7) is 9.92. The normalized spacial score (nSPS) is 13.9. The average Bonchev–Trinajstić information content (AvgIpc) is 2.33. The minimum absolute atomic E-state index is 0.346. The molecule has 0 aliphatic carbocycles. The van der Waals surface area contributed by atoms with E-state index in [2.05, 4.69) is 18.7 Å². The van der Waals surface area contributed by atoms with Crippen LogP contribution in [0.3, 0.4) is 0 Å². The van der Waals surface area contributed by atoms with Gasteiger partial charge in [0.1, 0.15) is 5.82 Å². The van der Waals surface area contributed by atoms with Crippen molar-refractivity contribution in [2.24, 2.45) is 0 Å². The molecule has 1 aromatic carbocycles. The lowest BCUT2D eigenvalue weighted by Crippen LogP contribution is -2.53. The van der Waals surface area contributed by atoms with Gasteiger partial charge < -0.3 is 5.11 Å². The number of likely N-dealkylation sites (N-methyl/N-ethyl adjacent to an activating group) is 1. The van der Waals surface area contributed by atoms with E-state index in [9.17, 15) is 9.50 Å². The molecule has 0 bridgehead atoms. The summed E-state index contributed by atoms with van der Waals surface area (Å²) in [5.74, 6) is -0.355. The van der Waals surface area contributed by atoms with E-state index in [1.807, 2.05) is 13.8 Å². The van der Waals surface area contributed by atoms with E-state index in [1.54, 1.807) is 6.07 Å². The highest BCUT2D eigenvalue weighted by atomic mass is 35.5. The van der Waals surface area contributed by atoms with Crippen molar-refractivity contribution in [3.05, 3.63) is 34.6 Å². The molecule has 0 saturated carbocycles. The average molecular weight is 288 g/mol. The second kappa shape index (κ2) is 6.69. The van der Waals surface area contributed by atoms with Crippen molar-refractivity contribution in [3.63, 3.8) is 0 Å². The first-order valence-electron chi connectivity index (χ1n) is 6.69. The third kappa shape index (κ3) is 3.91. The Balaban J connectivity index is 2.86. The van der Waals surface area contributed by atoms with Gasteiger partial charge in [-0.05, 0) is 44.6 Å². The first-order chi connectivity index (χ1) is 8.82. The maximum absolute atomic E-state index is 13.0. The van der Waals surface area contributed by atoms with Crippen LogP contribution in [0.25, 0.3) is 0 Å². The quantitative estimate of drug-likeness (QED) is 0.865. The Kier molecular flexibility index (Phi) is 5.78. The maximum Gasteiger partial charge on any atom is 0.124 e. The van der Waals surface area contributed by atoms with Gasteiger partial charge in [0.25, 0.3) is 0 Å². The van der Waals surface area contributed by atoms with Gasteiger partial charge in [0.2, 0.25) is 0 Å². The molecular weight excluding hydrogens is 265 g/mol. The second-order valence-corrected chi connectivity index (χ2v) is 5.69. The molecular formula is C15H23ClFNO. The van der Waals surface area contributed by atoms with Crippen molar-refractivity contribution in [1.82, 2.24) is 4.90 Å². The lowest BCUT2D eigenvalue weighted by Gasteiger charge is -2.41. The van der Waals surface area contributed by atoms with Gasteiger partial charge in [0.05, 0.1) is 6.10 Å². The monoisotopic (exact) mass is 287 g/mol. The molecule has 108 valence electrons. The highest BCUT2D eigenvalue weighted by Gasteiger charge is 2.32. The summed E-state index contributed by atoms with van der Waals surface area (Å²) in [5.41, 5.74) is 0.428. The van der Waals surface area contributed by atoms with Gasteiger partial charge in [0, 0.05) is 17.0 Å². The van der Waals surface area contributed by atoms with Crippen LogP contribution in [0.2, 0.25) is 5.02 Å². The maximum atomic E-state index is 13.0. The number of hydrogen-bond donors (Lipinski definition) is 1. The second-order valence-electron chi connectivity index (χ2n) is 5.28. The summed E-state index contributed by atoms with van der Waals surface area (Å²) in [6.07, 6.45) is -0.141. The minimum Gasteiger partial charge on any atom is -0.391 e. The van der Waals surface area contributed by atoms with E-state index in [0.29, 0.717) is 11.4 Å². The molecule has 0 saturated heterocycles. The molecule has 0 fully saturated rings. The van der Waals surface area contributed by atoms with Gasteiger partial charge in [0.15, 0.2) is 0 Å². The van der Waals surface area contributed by atoms with Crippen molar-refractivity contribution >= 4 is 11.6 Å². The number of benzene rings is 1. The predicted octanol–water partition coefficient (Wildman–Crippen LogP) is 3.50. The Morgan fingerprint density at radius 2 is 1.89 bits per heavy atom. The van der Waals surface area contributed by atoms with Crippen LogP contribution in [0.4, 0.5) is 4.39 Å². The Labute approximate surface area is 120 Å². The molecule has 2 nitrogen and oxygen atoms in total. The molecule has 4 heteroatoms. The Bertz CT molecular complexity index is 419. The molecule has 0 aliphatic rings. The number of aliphatic hydroxyl groups excluding tert-OH is 1. The lowest BCUT2D eigenvalue weighted by molar-refractivity contribution is -0.00414. The van der Waals surface area contributed by atoms with E-state index >= 15 is 0 Å². The van der Waals surface area contributed by atoms with E-state index in [4.69, 9.17) is 11.6 Å². The number of rotatable bonds is 6. The lowest BCUT2D eigenvalue weighted by atomic mass is 9.90. The highest BCUT2D eigenvalue weighted by molar-refractivity contribution is 6.31. The van der Waals surface area contributed by atoms with Gasteiger partial charge in [-0.2, -0.15) is 0 Å². The molecule has 0 spiro atoms. The van der Waals surface area contributed by atoms with Crippen LogP contribution in [0, 0.1) is 5.82 Å². The standard InChI is InChI=1S/C15H23ClFNO/c1-5-18(6-2)15(3,4)14(19)9-11-7-8-12(17)10-13(11)16/h7-8,10,14,19H,5-6,9H2,1-4H3. The highest BCUT2D eigenvalue weighted by Crippen LogP contribution is 2.25. The van der Waals surface area contributed by atoms with Crippen LogP contribution in [-0.2, 0) is 6.42 Å². The molecule has 0 amide bonds. The fraction of sp³-hybridized carbons (Fsp3) is 0.600. The summed E-state index contributed by atoms with van der Waals surface area (Å²) >= 11 is 6.01. The Morgan fingerprint density at radius 3 is 2.37 bits per heavy atom. The largest absolute Gasteiger partial charge is 0.391 e. The van der Waals surface area contributed by atoms with Crippen LogP contribution < -0.4 is 0 Å². The number of aliphatic hydroxyl groups is 1. The van der Waals surface area contributed by atoms with Gasteiger partial charge in [-0.3, -0.25) is 4.90 Å². The Hall–Kier alpha value is -0.640. The van der Waals surface area contributed by atoms with Crippen molar-refractivity contribution in [2.45, 2.75) is 45.8 Å². The SMILES string of the molecule is CCN(CC)C(C)(C)C(O)Cc1ccc(F)cc1Cl. The van der Waals surface area contributed by atoms with Gasteiger partial charge >= 0.3 is 0 Å². The van der Waals surface area contributed by atoms with Crippen LogP contribution in [0.1, 0.15) is 33.3 Å². The molecule has 1 unspecified atom stereocenters. The molecule has 0 aliphatic heterocycles. The number of hydrogen-bond acceptors (Lipinski definition) is 2. The van der Waals surface area contributed by atoms with Crippen molar-refractivity contribution in [2.75, 3.05) is 13.1 Å². The first-order valence-corrected chi connectivity index (χ1v) is 7.07. The van der Waals surface area contributed by atoms with Crippen LogP contribution in [0.15, 0.2) is 18.2 Å². The molecule has 1 rings (SSSR count). The van der Waals surface area contributed by atoms with E-state index < -0.39 is 6.10 Å². The van der Waals surface area contributed by atoms with Crippen molar-refractivity contribution < 1.29 is 9.50 Å². The fourth-order valence-electron chi connectivity index (χ4n) is 2.39. The minimum atomic E-state index is -0.560. The van der Waals surface area contributed by atoms with Crippen LogP contribution in [0.5, 0.6) is 0 Å². The topological polar surface area (TPSA) is 23.5 Å². The van der Waals surface area contributed by atoms with Gasteiger partial charge in [-0.1, -0.05) is 31.5 Å². The first kappa shape index (κ1) is 16.4. The number of nitrogens with zero attached hydrogens (tertiary/aromatic N) is 1. The van der Waals surface area contributed by atoms with Crippen molar-refractivity contribution in [3.8, 4) is 0 Å². The van der Waals surface area contributed by atoms with E-state index in [-0.39, 0.29) is 11.4 Å². The molecule has 0 heterocycles. The van der Waals surface area contributed by atoms with Crippen molar-refractivity contribution in [1.29, 1.82) is 0 Å². The fourth-order valence-corrected chi connectivity index (χ4v) is 2.64. The third-order valence-electron chi connectivity index (χ3n) is 3.82. The summed E-state index contributed by atoms with van der Waals surface area (Å²) in [4.78, 5) is 2.20. The summed E-state index contributed by atoms with van der Waals surface area (Å²) < 4.78 is 13.0. The molecule has 0 radical (unpaired) electrons. The third-order valence-corrected chi connectivity index (χ3v) is 4.17. The van der Waals surface area contributed by atoms with E-state index in [1.165, 1.54) is 12.1 Å². The van der Waals surface area contributed by atoms with Crippen LogP contribution >= 0.6 is 11.6 Å². The molecule has 19 heavy (non-hydrogen) atoms. The predicted molar refractivity (Wildman–Crippen MR) is 78.1 cm³/mol. The smallest absolute Gasteiger partial charge is 0.124 e. The summed E-state index contributed by atoms with van der Waals surface area (Å²) in [7, 11) is 0. The summed E-state index contributed by atoms with van der Waals surface area (Å²) in [6, 6.07) is 4.30. The van der Waals surface area contributed by atoms with E-state index in [0.717, 1.165) is 18.7 Å². The molecule has 1 aromatic rings. The Morgan fingerprint density at radius 1 is 1.32 bits per heavy atom. The molecule has 1 N–H and O–H groups in total. The zero-order valence-electron chi connectivity index (χ0n) is 12.1. The zero-order chi connectivity index (χ0) is 14.6. The molecule has 0 aromatic heterocycles.